The summed E-state index contributed by atoms with van der Waals surface area (Å²) in [5.41, 5.74) is 0.409. The first-order chi connectivity index (χ1) is 9.67. The van der Waals surface area contributed by atoms with Gasteiger partial charge in [0, 0.05) is 0 Å². The molecule has 3 heterocycles. The van der Waals surface area contributed by atoms with Crippen molar-refractivity contribution in [3.05, 3.63) is 12.5 Å². The fraction of sp³-hybridized carbons (Fsp3) is 0.545. The van der Waals surface area contributed by atoms with E-state index < -0.39 is 31.1 Å². The molecule has 20 heavy (non-hydrogen) atoms. The lowest BCUT2D eigenvalue weighted by molar-refractivity contribution is -0.0566. The molecule has 108 valence electrons. The van der Waals surface area contributed by atoms with Crippen LogP contribution in [0.2, 0.25) is 0 Å². The van der Waals surface area contributed by atoms with Crippen LogP contribution >= 0.6 is 0 Å². The Morgan fingerprint density at radius 2 is 2.15 bits per heavy atom. The van der Waals surface area contributed by atoms with Crippen molar-refractivity contribution < 1.29 is 24.8 Å². The Bertz CT molecular complexity index is 618. The Balaban J connectivity index is 2.03. The van der Waals surface area contributed by atoms with Gasteiger partial charge in [0.05, 0.1) is 19.9 Å². The summed E-state index contributed by atoms with van der Waals surface area (Å²) >= 11 is 0. The van der Waals surface area contributed by atoms with Gasteiger partial charge in [0.2, 0.25) is 5.88 Å². The zero-order chi connectivity index (χ0) is 14.3. The van der Waals surface area contributed by atoms with E-state index in [0.717, 1.165) is 0 Å². The number of hydrogen-bond donors (Lipinski definition) is 3. The molecule has 3 rings (SSSR count). The average Bonchev–Trinajstić information content (AvgIpc) is 3.01. The summed E-state index contributed by atoms with van der Waals surface area (Å²) in [7, 11) is 1.48. The van der Waals surface area contributed by atoms with Crippen molar-refractivity contribution >= 4 is 11.0 Å². The van der Waals surface area contributed by atoms with Crippen molar-refractivity contribution in [2.45, 2.75) is 24.5 Å². The first kappa shape index (κ1) is 13.2. The third-order valence-corrected chi connectivity index (χ3v) is 3.31. The highest BCUT2D eigenvalue weighted by atomic mass is 16.6. The molecule has 0 amide bonds. The maximum atomic E-state index is 10.00. The van der Waals surface area contributed by atoms with Crippen LogP contribution in [0.1, 0.15) is 6.23 Å². The van der Waals surface area contributed by atoms with Crippen LogP contribution in [0.25, 0.3) is 11.0 Å². The predicted octanol–water partition coefficient (Wildman–Crippen LogP) is -1.55. The maximum Gasteiger partial charge on any atom is 0.227 e. The van der Waals surface area contributed by atoms with Crippen LogP contribution in [0.5, 0.6) is 5.88 Å². The molecule has 0 bridgehead atoms. The molecule has 1 fully saturated rings. The Kier molecular flexibility index (Phi) is 3.26. The Morgan fingerprint density at radius 3 is 2.80 bits per heavy atom. The summed E-state index contributed by atoms with van der Waals surface area (Å²) in [4.78, 5) is 8.03. The minimum atomic E-state index is -1.21. The molecule has 1 saturated heterocycles. The molecule has 9 nitrogen and oxygen atoms in total. The molecule has 0 radical (unpaired) electrons. The van der Waals surface area contributed by atoms with Crippen LogP contribution in [0, 0.1) is 0 Å². The monoisotopic (exact) mass is 282 g/mol. The molecule has 2 aromatic rings. The van der Waals surface area contributed by atoms with Gasteiger partial charge in [0.1, 0.15) is 30.0 Å². The zero-order valence-electron chi connectivity index (χ0n) is 10.6. The average molecular weight is 282 g/mol. The van der Waals surface area contributed by atoms with Crippen LogP contribution in [0.3, 0.4) is 0 Å². The van der Waals surface area contributed by atoms with Gasteiger partial charge in [-0.1, -0.05) is 0 Å². The first-order valence-corrected chi connectivity index (χ1v) is 6.02. The third kappa shape index (κ3) is 1.83. The number of aliphatic hydroxyl groups excluding tert-OH is 3. The summed E-state index contributed by atoms with van der Waals surface area (Å²) < 4.78 is 11.8. The molecule has 1 aliphatic rings. The standard InChI is InChI=1S/C11H14N4O5/c1-19-10-5-2-14-15(9(5)12-4-13-10)11-8(18)7(17)6(3-16)20-11/h2,4,6-8,11,16-18H,3H2,1H3/t6-,7-,8+,11-/m1/s1. The topological polar surface area (TPSA) is 123 Å². The minimum absolute atomic E-state index is 0.355. The first-order valence-electron chi connectivity index (χ1n) is 6.02. The van der Waals surface area contributed by atoms with E-state index in [1.54, 1.807) is 0 Å². The molecule has 3 N–H and O–H groups in total. The smallest absolute Gasteiger partial charge is 0.227 e. The molecular formula is C11H14N4O5. The van der Waals surface area contributed by atoms with Gasteiger partial charge in [-0.3, -0.25) is 0 Å². The molecule has 0 spiro atoms. The summed E-state index contributed by atoms with van der Waals surface area (Å²) in [6.45, 7) is -0.397. The van der Waals surface area contributed by atoms with Crippen LogP contribution in [-0.4, -0.2) is 67.1 Å². The highest BCUT2D eigenvalue weighted by Crippen LogP contribution is 2.32. The largest absolute Gasteiger partial charge is 0.480 e. The number of ether oxygens (including phenoxy) is 2. The normalized spacial score (nSPS) is 30.0. The molecule has 0 aliphatic carbocycles. The Labute approximate surface area is 113 Å². The second-order valence-electron chi connectivity index (χ2n) is 4.44. The highest BCUT2D eigenvalue weighted by Gasteiger charge is 2.44. The molecular weight excluding hydrogens is 268 g/mol. The van der Waals surface area contributed by atoms with Gasteiger partial charge in [-0.25, -0.2) is 14.6 Å². The van der Waals surface area contributed by atoms with Gasteiger partial charge in [0.25, 0.3) is 0 Å². The van der Waals surface area contributed by atoms with E-state index >= 15 is 0 Å². The van der Waals surface area contributed by atoms with E-state index in [2.05, 4.69) is 15.1 Å². The number of aromatic nitrogens is 4. The number of rotatable bonds is 3. The molecule has 0 aromatic carbocycles. The molecule has 4 atom stereocenters. The van der Waals surface area contributed by atoms with E-state index in [0.29, 0.717) is 16.9 Å². The third-order valence-electron chi connectivity index (χ3n) is 3.31. The van der Waals surface area contributed by atoms with Crippen LogP contribution in [0.4, 0.5) is 0 Å². The molecule has 1 aliphatic heterocycles. The van der Waals surface area contributed by atoms with Crippen molar-refractivity contribution in [1.82, 2.24) is 19.7 Å². The highest BCUT2D eigenvalue weighted by molar-refractivity contribution is 5.79. The maximum absolute atomic E-state index is 10.00. The Hall–Kier alpha value is -1.81. The predicted molar refractivity (Wildman–Crippen MR) is 64.9 cm³/mol. The van der Waals surface area contributed by atoms with Gasteiger partial charge in [-0.05, 0) is 0 Å². The number of hydrogen-bond acceptors (Lipinski definition) is 8. The lowest BCUT2D eigenvalue weighted by Gasteiger charge is -2.15. The van der Waals surface area contributed by atoms with E-state index in [1.165, 1.54) is 24.3 Å². The number of nitrogens with zero attached hydrogens (tertiary/aromatic N) is 4. The molecule has 2 aromatic heterocycles. The molecule has 0 unspecified atom stereocenters. The van der Waals surface area contributed by atoms with Crippen molar-refractivity contribution in [3.63, 3.8) is 0 Å². The van der Waals surface area contributed by atoms with Gasteiger partial charge >= 0.3 is 0 Å². The zero-order valence-corrected chi connectivity index (χ0v) is 10.6. The lowest BCUT2D eigenvalue weighted by Crippen LogP contribution is -2.33. The second-order valence-corrected chi connectivity index (χ2v) is 4.44. The summed E-state index contributed by atoms with van der Waals surface area (Å²) in [5.74, 6) is 0.355. The quantitative estimate of drug-likeness (QED) is 0.618. The van der Waals surface area contributed by atoms with Gasteiger partial charge in [0.15, 0.2) is 11.9 Å². The fourth-order valence-electron chi connectivity index (χ4n) is 2.27. The van der Waals surface area contributed by atoms with Crippen LogP contribution in [-0.2, 0) is 4.74 Å². The summed E-state index contributed by atoms with van der Waals surface area (Å²) in [6, 6.07) is 0. The van der Waals surface area contributed by atoms with E-state index in [1.807, 2.05) is 0 Å². The second kappa shape index (κ2) is 4.94. The minimum Gasteiger partial charge on any atom is -0.480 e. The van der Waals surface area contributed by atoms with Crippen molar-refractivity contribution in [2.75, 3.05) is 13.7 Å². The van der Waals surface area contributed by atoms with Crippen LogP contribution < -0.4 is 4.74 Å². The number of aliphatic hydroxyl groups is 3. The Morgan fingerprint density at radius 1 is 1.35 bits per heavy atom. The summed E-state index contributed by atoms with van der Waals surface area (Å²) in [5, 5.41) is 33.5. The van der Waals surface area contributed by atoms with Crippen molar-refractivity contribution in [3.8, 4) is 5.88 Å². The summed E-state index contributed by atoms with van der Waals surface area (Å²) in [6.07, 6.45) is -1.40. The van der Waals surface area contributed by atoms with Crippen molar-refractivity contribution in [2.24, 2.45) is 0 Å². The van der Waals surface area contributed by atoms with E-state index in [-0.39, 0.29) is 0 Å². The molecule has 9 heteroatoms. The van der Waals surface area contributed by atoms with Gasteiger partial charge < -0.3 is 24.8 Å². The SMILES string of the molecule is COc1ncnc2c1cnn2[C@@H]1O[C@H](CO)[C@@H](O)[C@@H]1O. The van der Waals surface area contributed by atoms with E-state index in [9.17, 15) is 10.2 Å². The molecule has 0 saturated carbocycles. The fourth-order valence-corrected chi connectivity index (χ4v) is 2.27. The number of fused-ring (bicyclic) bond motifs is 1. The van der Waals surface area contributed by atoms with Crippen molar-refractivity contribution in [1.29, 1.82) is 0 Å². The lowest BCUT2D eigenvalue weighted by atomic mass is 10.1. The number of methoxy groups -OCH3 is 1. The van der Waals surface area contributed by atoms with E-state index in [4.69, 9.17) is 14.6 Å². The van der Waals surface area contributed by atoms with Gasteiger partial charge in [-0.2, -0.15) is 5.10 Å². The van der Waals surface area contributed by atoms with Crippen LogP contribution in [0.15, 0.2) is 12.5 Å². The van der Waals surface area contributed by atoms with Gasteiger partial charge in [-0.15, -0.1) is 0 Å².